The molecule has 0 bridgehead atoms. The van der Waals surface area contributed by atoms with Crippen LogP contribution in [0.5, 0.6) is 0 Å². The van der Waals surface area contributed by atoms with Crippen LogP contribution in [0, 0.1) is 0 Å². The molecule has 0 fully saturated rings. The maximum Gasteiger partial charge on any atom is 0.242 e. The molecule has 2 heterocycles. The minimum Gasteiger partial charge on any atom is -0.312 e. The van der Waals surface area contributed by atoms with Crippen molar-refractivity contribution >= 4 is 32.7 Å². The summed E-state index contributed by atoms with van der Waals surface area (Å²) in [5.41, 5.74) is 0. The maximum atomic E-state index is 12.2. The van der Waals surface area contributed by atoms with Crippen molar-refractivity contribution in [2.75, 3.05) is 6.54 Å². The zero-order valence-electron chi connectivity index (χ0n) is 10.4. The van der Waals surface area contributed by atoms with Crippen LogP contribution in [0.2, 0.25) is 0 Å². The Hall–Kier alpha value is -0.800. The highest BCUT2D eigenvalue weighted by Crippen LogP contribution is 2.22. The third kappa shape index (κ3) is 3.83. The molecule has 2 N–H and O–H groups in total. The molecule has 0 aliphatic carbocycles. The van der Waals surface area contributed by atoms with Gasteiger partial charge in [0.25, 0.3) is 0 Å². The molecular weight excluding hydrogens is 302 g/mol. The number of aromatic nitrogens is 1. The van der Waals surface area contributed by atoms with Crippen molar-refractivity contribution in [1.82, 2.24) is 15.0 Å². The van der Waals surface area contributed by atoms with E-state index < -0.39 is 10.0 Å². The van der Waals surface area contributed by atoms with Crippen molar-refractivity contribution in [2.45, 2.75) is 24.9 Å². The van der Waals surface area contributed by atoms with E-state index >= 15 is 0 Å². The lowest BCUT2D eigenvalue weighted by atomic mass is 10.4. The van der Waals surface area contributed by atoms with Crippen LogP contribution in [0.4, 0.5) is 0 Å². The van der Waals surface area contributed by atoms with Gasteiger partial charge in [-0.2, -0.15) is 0 Å². The van der Waals surface area contributed by atoms with E-state index in [0.717, 1.165) is 16.4 Å². The molecule has 0 aromatic carbocycles. The van der Waals surface area contributed by atoms with Gasteiger partial charge in [0.15, 0.2) is 0 Å². The molecule has 0 amide bonds. The van der Waals surface area contributed by atoms with Gasteiger partial charge in [-0.05, 0) is 18.0 Å². The molecule has 8 heteroatoms. The minimum atomic E-state index is -3.47. The fourth-order valence-corrected chi connectivity index (χ4v) is 4.56. The number of nitrogens with zero attached hydrogens (tertiary/aromatic N) is 1. The lowest BCUT2D eigenvalue weighted by Gasteiger charge is -2.07. The molecule has 104 valence electrons. The molecule has 0 spiro atoms. The Balaban J connectivity index is 2.08. The van der Waals surface area contributed by atoms with Crippen LogP contribution in [0.3, 0.4) is 0 Å². The topological polar surface area (TPSA) is 71.1 Å². The second-order valence-electron chi connectivity index (χ2n) is 3.74. The summed E-state index contributed by atoms with van der Waals surface area (Å²) in [6.07, 6.45) is 1.66. The summed E-state index contributed by atoms with van der Waals surface area (Å²) in [6.45, 7) is 3.60. The van der Waals surface area contributed by atoms with Crippen LogP contribution < -0.4 is 10.0 Å². The van der Waals surface area contributed by atoms with E-state index in [1.807, 2.05) is 12.3 Å². The predicted molar refractivity (Wildman–Crippen MR) is 77.8 cm³/mol. The molecule has 2 aromatic heterocycles. The Kier molecular flexibility index (Phi) is 5.06. The van der Waals surface area contributed by atoms with Gasteiger partial charge < -0.3 is 5.32 Å². The van der Waals surface area contributed by atoms with Gasteiger partial charge in [-0.1, -0.05) is 6.92 Å². The zero-order chi connectivity index (χ0) is 13.7. The first-order valence-corrected chi connectivity index (χ1v) is 9.03. The van der Waals surface area contributed by atoms with Gasteiger partial charge in [0.2, 0.25) is 10.0 Å². The van der Waals surface area contributed by atoms with Crippen LogP contribution in [-0.2, 0) is 23.1 Å². The number of thiazole rings is 1. The van der Waals surface area contributed by atoms with E-state index in [4.69, 9.17) is 0 Å². The van der Waals surface area contributed by atoms with E-state index in [-0.39, 0.29) is 6.54 Å². The highest BCUT2D eigenvalue weighted by atomic mass is 32.2. The molecule has 0 atom stereocenters. The monoisotopic (exact) mass is 317 g/mol. The number of hydrogen-bond acceptors (Lipinski definition) is 6. The van der Waals surface area contributed by atoms with Gasteiger partial charge in [-0.15, -0.1) is 22.7 Å². The van der Waals surface area contributed by atoms with Gasteiger partial charge in [-0.3, -0.25) is 0 Å². The first-order chi connectivity index (χ1) is 9.13. The van der Waals surface area contributed by atoms with E-state index in [2.05, 4.69) is 15.0 Å². The van der Waals surface area contributed by atoms with E-state index in [9.17, 15) is 8.42 Å². The quantitative estimate of drug-likeness (QED) is 0.817. The Labute approximate surface area is 120 Å². The second-order valence-corrected chi connectivity index (χ2v) is 7.45. The zero-order valence-corrected chi connectivity index (χ0v) is 12.9. The van der Waals surface area contributed by atoms with Crippen LogP contribution in [0.15, 0.2) is 27.9 Å². The van der Waals surface area contributed by atoms with Crippen LogP contribution in [0.25, 0.3) is 0 Å². The van der Waals surface area contributed by atoms with Crippen LogP contribution in [-0.4, -0.2) is 19.9 Å². The van der Waals surface area contributed by atoms with Crippen molar-refractivity contribution in [2.24, 2.45) is 0 Å². The van der Waals surface area contributed by atoms with Crippen molar-refractivity contribution in [3.8, 4) is 0 Å². The molecule has 0 saturated carbocycles. The third-order valence-corrected chi connectivity index (χ3v) is 5.74. The molecule has 0 unspecified atom stereocenters. The third-order valence-electron chi connectivity index (χ3n) is 2.43. The molecule has 19 heavy (non-hydrogen) atoms. The van der Waals surface area contributed by atoms with Crippen molar-refractivity contribution in [3.05, 3.63) is 32.9 Å². The second kappa shape index (κ2) is 6.58. The molecule has 2 aromatic rings. The summed E-state index contributed by atoms with van der Waals surface area (Å²) in [4.78, 5) is 5.24. The predicted octanol–water partition coefficient (Wildman–Crippen LogP) is 1.79. The lowest BCUT2D eigenvalue weighted by molar-refractivity contribution is 0.579. The number of thiophene rings is 1. The normalized spacial score (nSPS) is 11.8. The number of hydrogen-bond donors (Lipinski definition) is 2. The molecule has 5 nitrogen and oxygen atoms in total. The SMILES string of the molecule is CCNCc1sccc1S(=O)(=O)NCc1nccs1. The molecule has 0 saturated heterocycles. The average molecular weight is 317 g/mol. The summed E-state index contributed by atoms with van der Waals surface area (Å²) in [6, 6.07) is 1.64. The molecule has 0 aliphatic heterocycles. The standard InChI is InChI=1S/C11H15N3O2S3/c1-2-12-7-9-10(3-5-17-9)19(15,16)14-8-11-13-4-6-18-11/h3-6,12,14H,2,7-8H2,1H3. The summed E-state index contributed by atoms with van der Waals surface area (Å²) in [5, 5.41) is 7.52. The highest BCUT2D eigenvalue weighted by Gasteiger charge is 2.19. The first-order valence-electron chi connectivity index (χ1n) is 5.78. The van der Waals surface area contributed by atoms with Gasteiger partial charge >= 0.3 is 0 Å². The fourth-order valence-electron chi connectivity index (χ4n) is 1.51. The van der Waals surface area contributed by atoms with Crippen molar-refractivity contribution in [3.63, 3.8) is 0 Å². The molecule has 2 rings (SSSR count). The Morgan fingerprint density at radius 1 is 1.26 bits per heavy atom. The van der Waals surface area contributed by atoms with E-state index in [0.29, 0.717) is 11.4 Å². The molecule has 0 radical (unpaired) electrons. The van der Waals surface area contributed by atoms with E-state index in [1.165, 1.54) is 22.7 Å². The Morgan fingerprint density at radius 2 is 2.11 bits per heavy atom. The summed E-state index contributed by atoms with van der Waals surface area (Å²) in [7, 11) is -3.47. The van der Waals surface area contributed by atoms with Crippen LogP contribution in [0.1, 0.15) is 16.8 Å². The number of nitrogens with one attached hydrogen (secondary N) is 2. The maximum absolute atomic E-state index is 12.2. The summed E-state index contributed by atoms with van der Waals surface area (Å²) < 4.78 is 27.0. The Morgan fingerprint density at radius 3 is 2.79 bits per heavy atom. The average Bonchev–Trinajstić information content (AvgIpc) is 3.05. The summed E-state index contributed by atoms with van der Waals surface area (Å²) in [5.74, 6) is 0. The van der Waals surface area contributed by atoms with Crippen molar-refractivity contribution in [1.29, 1.82) is 0 Å². The van der Waals surface area contributed by atoms with Gasteiger partial charge in [-0.25, -0.2) is 18.1 Å². The van der Waals surface area contributed by atoms with Crippen molar-refractivity contribution < 1.29 is 8.42 Å². The number of sulfonamides is 1. The fraction of sp³-hybridized carbons (Fsp3) is 0.364. The van der Waals surface area contributed by atoms with Gasteiger partial charge in [0.05, 0.1) is 11.4 Å². The van der Waals surface area contributed by atoms with Gasteiger partial charge in [0, 0.05) is 23.0 Å². The van der Waals surface area contributed by atoms with Gasteiger partial charge in [0.1, 0.15) is 5.01 Å². The van der Waals surface area contributed by atoms with Crippen LogP contribution >= 0.6 is 22.7 Å². The first kappa shape index (κ1) is 14.6. The van der Waals surface area contributed by atoms with E-state index in [1.54, 1.807) is 17.6 Å². The molecular formula is C11H15N3O2S3. The highest BCUT2D eigenvalue weighted by molar-refractivity contribution is 7.89. The smallest absolute Gasteiger partial charge is 0.242 e. The Bertz CT molecular complexity index is 605. The lowest BCUT2D eigenvalue weighted by Crippen LogP contribution is -2.24. The molecule has 0 aliphatic rings. The summed E-state index contributed by atoms with van der Waals surface area (Å²) >= 11 is 2.88. The minimum absolute atomic E-state index is 0.233. The number of rotatable bonds is 7. The largest absolute Gasteiger partial charge is 0.312 e.